The Balaban J connectivity index is 1.44. The third-order valence-electron chi connectivity index (χ3n) is 5.90. The zero-order valence-corrected chi connectivity index (χ0v) is 18.5. The van der Waals surface area contributed by atoms with Crippen LogP contribution in [0.2, 0.25) is 0 Å². The second-order valence-electron chi connectivity index (χ2n) is 8.13. The molecule has 0 radical (unpaired) electrons. The molecule has 1 unspecified atom stereocenters. The Kier molecular flexibility index (Phi) is 6.58. The van der Waals surface area contributed by atoms with E-state index in [9.17, 15) is 9.59 Å². The second kappa shape index (κ2) is 9.72. The number of hydrogen-bond donors (Lipinski definition) is 1. The number of carbonyl (C=O) groups is 1. The van der Waals surface area contributed by atoms with E-state index >= 15 is 0 Å². The maximum atomic E-state index is 12.8. The van der Waals surface area contributed by atoms with Gasteiger partial charge in [0, 0.05) is 32.6 Å². The lowest BCUT2D eigenvalue weighted by Crippen LogP contribution is -2.45. The molecule has 1 aromatic heterocycles. The lowest BCUT2D eigenvalue weighted by molar-refractivity contribution is 0.177. The van der Waals surface area contributed by atoms with E-state index in [1.165, 1.54) is 4.68 Å². The highest BCUT2D eigenvalue weighted by atomic mass is 16.5. The molecular formula is C24H29N5O3. The largest absolute Gasteiger partial charge is 0.497 e. The molecule has 1 aliphatic rings. The molecule has 2 aromatic carbocycles. The molecule has 1 saturated heterocycles. The quantitative estimate of drug-likeness (QED) is 0.646. The highest BCUT2D eigenvalue weighted by Crippen LogP contribution is 2.25. The predicted molar refractivity (Wildman–Crippen MR) is 122 cm³/mol. The number of piperidine rings is 1. The molecule has 8 nitrogen and oxygen atoms in total. The molecule has 32 heavy (non-hydrogen) atoms. The van der Waals surface area contributed by atoms with Gasteiger partial charge in [0.05, 0.1) is 13.7 Å². The number of benzene rings is 2. The summed E-state index contributed by atoms with van der Waals surface area (Å²) in [5.41, 5.74) is 1.92. The Morgan fingerprint density at radius 3 is 2.59 bits per heavy atom. The smallest absolute Gasteiger partial charge is 0.345 e. The van der Waals surface area contributed by atoms with Gasteiger partial charge < -0.3 is 15.0 Å². The summed E-state index contributed by atoms with van der Waals surface area (Å²) in [6.45, 7) is 2.16. The summed E-state index contributed by atoms with van der Waals surface area (Å²) >= 11 is 0. The number of nitrogens with one attached hydrogen (secondary N) is 1. The molecule has 1 atom stereocenters. The van der Waals surface area contributed by atoms with Crippen molar-refractivity contribution in [3.63, 3.8) is 0 Å². The summed E-state index contributed by atoms with van der Waals surface area (Å²) in [4.78, 5) is 27.4. The first-order valence-electron chi connectivity index (χ1n) is 10.9. The van der Waals surface area contributed by atoms with E-state index < -0.39 is 0 Å². The lowest BCUT2D eigenvalue weighted by Gasteiger charge is -2.32. The molecule has 8 heteroatoms. The lowest BCUT2D eigenvalue weighted by atomic mass is 9.97. The monoisotopic (exact) mass is 435 g/mol. The summed E-state index contributed by atoms with van der Waals surface area (Å²) < 4.78 is 8.30. The number of likely N-dealkylation sites (tertiary alicyclic amines) is 1. The number of urea groups is 1. The first-order chi connectivity index (χ1) is 15.5. The average molecular weight is 436 g/mol. The van der Waals surface area contributed by atoms with Crippen LogP contribution in [0.25, 0.3) is 0 Å². The van der Waals surface area contributed by atoms with E-state index in [2.05, 4.69) is 10.4 Å². The second-order valence-corrected chi connectivity index (χ2v) is 8.13. The molecule has 1 aliphatic heterocycles. The summed E-state index contributed by atoms with van der Waals surface area (Å²) in [5, 5.41) is 7.53. The Morgan fingerprint density at radius 2 is 1.88 bits per heavy atom. The summed E-state index contributed by atoms with van der Waals surface area (Å²) in [6.07, 6.45) is 1.77. The maximum Gasteiger partial charge on any atom is 0.345 e. The van der Waals surface area contributed by atoms with Gasteiger partial charge in [-0.1, -0.05) is 42.5 Å². The van der Waals surface area contributed by atoms with E-state index in [-0.39, 0.29) is 17.6 Å². The molecule has 0 bridgehead atoms. The van der Waals surface area contributed by atoms with Crippen LogP contribution in [0.1, 0.15) is 35.7 Å². The van der Waals surface area contributed by atoms with Crippen LogP contribution in [0.5, 0.6) is 5.75 Å². The van der Waals surface area contributed by atoms with Gasteiger partial charge in [-0.2, -0.15) is 5.10 Å². The van der Waals surface area contributed by atoms with Crippen LogP contribution in [-0.2, 0) is 20.1 Å². The number of nitrogens with zero attached hydrogens (tertiary/aromatic N) is 4. The van der Waals surface area contributed by atoms with Crippen LogP contribution in [0.3, 0.4) is 0 Å². The summed E-state index contributed by atoms with van der Waals surface area (Å²) in [6, 6.07) is 17.4. The van der Waals surface area contributed by atoms with Crippen molar-refractivity contribution >= 4 is 6.03 Å². The van der Waals surface area contributed by atoms with Gasteiger partial charge in [0.2, 0.25) is 0 Å². The fourth-order valence-electron chi connectivity index (χ4n) is 4.15. The number of amides is 2. The van der Waals surface area contributed by atoms with Crippen LogP contribution in [-0.4, -0.2) is 45.5 Å². The van der Waals surface area contributed by atoms with Crippen molar-refractivity contribution in [2.45, 2.75) is 31.8 Å². The SMILES string of the molecule is COc1ccc(CNC(=O)N2CCCC(c3nn(C)c(=O)n3Cc3ccccc3)C2)cc1. The minimum Gasteiger partial charge on any atom is -0.497 e. The molecule has 3 aromatic rings. The molecule has 0 saturated carbocycles. The number of aryl methyl sites for hydroxylation is 1. The normalized spacial score (nSPS) is 16.1. The van der Waals surface area contributed by atoms with Gasteiger partial charge in [-0.15, -0.1) is 0 Å². The van der Waals surface area contributed by atoms with Crippen molar-refractivity contribution in [1.29, 1.82) is 0 Å². The van der Waals surface area contributed by atoms with Gasteiger partial charge in [0.15, 0.2) is 0 Å². The zero-order valence-electron chi connectivity index (χ0n) is 18.5. The van der Waals surface area contributed by atoms with Crippen LogP contribution >= 0.6 is 0 Å². The van der Waals surface area contributed by atoms with E-state index in [1.807, 2.05) is 59.5 Å². The van der Waals surface area contributed by atoms with Crippen LogP contribution < -0.4 is 15.7 Å². The topological polar surface area (TPSA) is 81.4 Å². The first-order valence-corrected chi connectivity index (χ1v) is 10.9. The Morgan fingerprint density at radius 1 is 1.12 bits per heavy atom. The average Bonchev–Trinajstić information content (AvgIpc) is 3.12. The molecule has 2 heterocycles. The molecule has 0 spiro atoms. The highest BCUT2D eigenvalue weighted by Gasteiger charge is 2.29. The van der Waals surface area contributed by atoms with E-state index in [4.69, 9.17) is 4.74 Å². The van der Waals surface area contributed by atoms with Gasteiger partial charge in [-0.05, 0) is 36.1 Å². The van der Waals surface area contributed by atoms with Crippen LogP contribution in [0.4, 0.5) is 4.79 Å². The van der Waals surface area contributed by atoms with E-state index in [1.54, 1.807) is 18.7 Å². The number of ether oxygens (including phenoxy) is 1. The number of rotatable bonds is 6. The molecule has 1 N–H and O–H groups in total. The Hall–Kier alpha value is -3.55. The summed E-state index contributed by atoms with van der Waals surface area (Å²) in [7, 11) is 3.31. The predicted octanol–water partition coefficient (Wildman–Crippen LogP) is 2.73. The maximum absolute atomic E-state index is 12.8. The third kappa shape index (κ3) is 4.85. The van der Waals surface area contributed by atoms with Crippen molar-refractivity contribution < 1.29 is 9.53 Å². The van der Waals surface area contributed by atoms with Crippen molar-refractivity contribution in [3.05, 3.63) is 82.0 Å². The van der Waals surface area contributed by atoms with Crippen LogP contribution in [0.15, 0.2) is 59.4 Å². The molecular weight excluding hydrogens is 406 g/mol. The fourth-order valence-corrected chi connectivity index (χ4v) is 4.15. The third-order valence-corrected chi connectivity index (χ3v) is 5.90. The molecule has 1 fully saturated rings. The molecule has 2 amide bonds. The van der Waals surface area contributed by atoms with E-state index in [0.29, 0.717) is 26.2 Å². The van der Waals surface area contributed by atoms with E-state index in [0.717, 1.165) is 35.5 Å². The molecule has 0 aliphatic carbocycles. The van der Waals surface area contributed by atoms with Crippen molar-refractivity contribution in [2.24, 2.45) is 7.05 Å². The Bertz CT molecular complexity index is 1100. The number of aromatic nitrogens is 3. The number of methoxy groups -OCH3 is 1. The minimum absolute atomic E-state index is 0.0214. The van der Waals surface area contributed by atoms with Gasteiger partial charge in [0.25, 0.3) is 0 Å². The first kappa shape index (κ1) is 21.7. The van der Waals surface area contributed by atoms with Crippen LogP contribution in [0, 0.1) is 0 Å². The summed E-state index contributed by atoms with van der Waals surface area (Å²) in [5.74, 6) is 1.55. The van der Waals surface area contributed by atoms with Crippen molar-refractivity contribution in [3.8, 4) is 5.75 Å². The van der Waals surface area contributed by atoms with Gasteiger partial charge in [-0.3, -0.25) is 4.57 Å². The molecule has 4 rings (SSSR count). The Labute approximate surface area is 187 Å². The standard InChI is InChI=1S/C24H29N5O3/c1-27-24(31)29(16-19-7-4-3-5-8-19)22(26-27)20-9-6-14-28(17-20)23(30)25-15-18-10-12-21(32-2)13-11-18/h3-5,7-8,10-13,20H,6,9,14-17H2,1-2H3,(H,25,30). The van der Waals surface area contributed by atoms with Gasteiger partial charge >= 0.3 is 11.7 Å². The van der Waals surface area contributed by atoms with Crippen molar-refractivity contribution in [1.82, 2.24) is 24.6 Å². The fraction of sp³-hybridized carbons (Fsp3) is 0.375. The number of hydrogen-bond acceptors (Lipinski definition) is 4. The zero-order chi connectivity index (χ0) is 22.5. The van der Waals surface area contributed by atoms with Gasteiger partial charge in [0.1, 0.15) is 11.6 Å². The van der Waals surface area contributed by atoms with Crippen molar-refractivity contribution in [2.75, 3.05) is 20.2 Å². The molecule has 168 valence electrons. The van der Waals surface area contributed by atoms with Gasteiger partial charge in [-0.25, -0.2) is 14.3 Å². The highest BCUT2D eigenvalue weighted by molar-refractivity contribution is 5.74. The number of carbonyl (C=O) groups excluding carboxylic acids is 1. The minimum atomic E-state index is -0.134.